The normalized spacial score (nSPS) is 14.4. The van der Waals surface area contributed by atoms with E-state index in [4.69, 9.17) is 0 Å². The lowest BCUT2D eigenvalue weighted by Gasteiger charge is -2.38. The van der Waals surface area contributed by atoms with Gasteiger partial charge >= 0.3 is 0 Å². The second kappa shape index (κ2) is 2.52. The number of hydrogen-bond acceptors (Lipinski definition) is 0. The summed E-state index contributed by atoms with van der Waals surface area (Å²) in [6.45, 7) is 11.3. The summed E-state index contributed by atoms with van der Waals surface area (Å²) in [7, 11) is 0. The lowest BCUT2D eigenvalue weighted by molar-refractivity contribution is 0.0143. The predicted molar refractivity (Wildman–Crippen MR) is 43.8 cm³/mol. The summed E-state index contributed by atoms with van der Waals surface area (Å²) in [4.78, 5) is 0. The van der Waals surface area contributed by atoms with Crippen molar-refractivity contribution in [2.24, 2.45) is 11.3 Å². The van der Waals surface area contributed by atoms with Gasteiger partial charge in [0, 0.05) is 5.41 Å². The van der Waals surface area contributed by atoms with Gasteiger partial charge in [-0.25, -0.2) is 4.39 Å². The summed E-state index contributed by atoms with van der Waals surface area (Å²) >= 11 is 0. The molecule has 0 N–H and O–H groups in total. The minimum atomic E-state index is -1.08. The standard InChI is InChI=1S/C9H19F/c1-7(2)8(3,4)9(5,6)10/h7H,1-6H3. The molecule has 1 heteroatoms. The average Bonchev–Trinajstić information content (AvgIpc) is 1.62. The van der Waals surface area contributed by atoms with Crippen molar-refractivity contribution in [3.05, 3.63) is 0 Å². The van der Waals surface area contributed by atoms with E-state index in [2.05, 4.69) is 13.8 Å². The summed E-state index contributed by atoms with van der Waals surface area (Å²) in [5, 5.41) is 0. The predicted octanol–water partition coefficient (Wildman–Crippen LogP) is 3.42. The number of rotatable bonds is 2. The molecule has 0 aromatic heterocycles. The second-order valence-electron chi connectivity index (χ2n) is 4.35. The van der Waals surface area contributed by atoms with E-state index in [-0.39, 0.29) is 5.41 Å². The van der Waals surface area contributed by atoms with Gasteiger partial charge in [0.2, 0.25) is 0 Å². The zero-order valence-electron chi connectivity index (χ0n) is 7.96. The molecule has 0 aliphatic rings. The molecule has 0 amide bonds. The van der Waals surface area contributed by atoms with Gasteiger partial charge in [-0.1, -0.05) is 27.7 Å². The highest BCUT2D eigenvalue weighted by molar-refractivity contribution is 4.88. The van der Waals surface area contributed by atoms with Gasteiger partial charge in [0.05, 0.1) is 0 Å². The Labute approximate surface area is 63.8 Å². The molecule has 0 atom stereocenters. The Hall–Kier alpha value is -0.0700. The minimum absolute atomic E-state index is 0.229. The molecule has 0 spiro atoms. The van der Waals surface area contributed by atoms with Crippen LogP contribution in [0.5, 0.6) is 0 Å². The van der Waals surface area contributed by atoms with Gasteiger partial charge in [-0.15, -0.1) is 0 Å². The molecule has 0 aromatic rings. The Kier molecular flexibility index (Phi) is 2.50. The molecule has 0 aromatic carbocycles. The van der Waals surface area contributed by atoms with Gasteiger partial charge in [0.25, 0.3) is 0 Å². The fourth-order valence-electron chi connectivity index (χ4n) is 0.686. The first-order valence-corrected chi connectivity index (χ1v) is 3.88. The number of hydrogen-bond donors (Lipinski definition) is 0. The lowest BCUT2D eigenvalue weighted by atomic mass is 9.70. The van der Waals surface area contributed by atoms with Crippen LogP contribution in [-0.4, -0.2) is 5.67 Å². The smallest absolute Gasteiger partial charge is 0.110 e. The van der Waals surface area contributed by atoms with E-state index >= 15 is 0 Å². The maximum absolute atomic E-state index is 13.4. The van der Waals surface area contributed by atoms with Crippen molar-refractivity contribution in [1.82, 2.24) is 0 Å². The third-order valence-electron chi connectivity index (χ3n) is 2.98. The van der Waals surface area contributed by atoms with Gasteiger partial charge in [0.1, 0.15) is 5.67 Å². The average molecular weight is 146 g/mol. The fourth-order valence-corrected chi connectivity index (χ4v) is 0.686. The molecule has 0 heterocycles. The van der Waals surface area contributed by atoms with Crippen LogP contribution >= 0.6 is 0 Å². The van der Waals surface area contributed by atoms with E-state index in [9.17, 15) is 4.39 Å². The second-order valence-corrected chi connectivity index (χ2v) is 4.35. The highest BCUT2D eigenvalue weighted by Crippen LogP contribution is 2.40. The molecule has 0 saturated heterocycles. The Morgan fingerprint density at radius 2 is 1.30 bits per heavy atom. The Bertz CT molecular complexity index is 106. The molecular weight excluding hydrogens is 127 g/mol. The zero-order chi connectivity index (χ0) is 8.58. The van der Waals surface area contributed by atoms with E-state index in [1.54, 1.807) is 13.8 Å². The molecule has 0 nitrogen and oxygen atoms in total. The number of alkyl halides is 1. The van der Waals surface area contributed by atoms with E-state index < -0.39 is 5.67 Å². The van der Waals surface area contributed by atoms with Gasteiger partial charge in [-0.3, -0.25) is 0 Å². The van der Waals surface area contributed by atoms with Crippen molar-refractivity contribution in [3.8, 4) is 0 Å². The third kappa shape index (κ3) is 1.71. The molecule has 0 aliphatic heterocycles. The van der Waals surface area contributed by atoms with Crippen LogP contribution in [-0.2, 0) is 0 Å². The highest BCUT2D eigenvalue weighted by atomic mass is 19.1. The Morgan fingerprint density at radius 3 is 1.30 bits per heavy atom. The SMILES string of the molecule is CC(C)C(C)(C)C(C)(C)F. The van der Waals surface area contributed by atoms with Gasteiger partial charge < -0.3 is 0 Å². The molecule has 62 valence electrons. The van der Waals surface area contributed by atoms with Crippen LogP contribution in [0.15, 0.2) is 0 Å². The van der Waals surface area contributed by atoms with Crippen molar-refractivity contribution < 1.29 is 4.39 Å². The monoisotopic (exact) mass is 146 g/mol. The van der Waals surface area contributed by atoms with Crippen molar-refractivity contribution in [1.29, 1.82) is 0 Å². The fraction of sp³-hybridized carbons (Fsp3) is 1.00. The molecule has 0 rings (SSSR count). The minimum Gasteiger partial charge on any atom is -0.244 e. The summed E-state index contributed by atoms with van der Waals surface area (Å²) in [6, 6.07) is 0. The molecule has 0 radical (unpaired) electrons. The Morgan fingerprint density at radius 1 is 1.00 bits per heavy atom. The summed E-state index contributed by atoms with van der Waals surface area (Å²) in [5.74, 6) is 0.382. The largest absolute Gasteiger partial charge is 0.244 e. The van der Waals surface area contributed by atoms with Crippen LogP contribution in [0.3, 0.4) is 0 Å². The van der Waals surface area contributed by atoms with Crippen molar-refractivity contribution in [2.75, 3.05) is 0 Å². The first-order chi connectivity index (χ1) is 4.19. The summed E-state index contributed by atoms with van der Waals surface area (Å²) in [5.41, 5.74) is -1.31. The zero-order valence-corrected chi connectivity index (χ0v) is 7.96. The maximum Gasteiger partial charge on any atom is 0.110 e. The van der Waals surface area contributed by atoms with Crippen LogP contribution in [0, 0.1) is 11.3 Å². The van der Waals surface area contributed by atoms with Crippen molar-refractivity contribution in [2.45, 2.75) is 47.2 Å². The first kappa shape index (κ1) is 9.93. The van der Waals surface area contributed by atoms with Gasteiger partial charge in [-0.05, 0) is 19.8 Å². The topological polar surface area (TPSA) is 0 Å². The summed E-state index contributed by atoms with van der Waals surface area (Å²) in [6.07, 6.45) is 0. The Balaban J connectivity index is 4.40. The molecule has 0 saturated carbocycles. The van der Waals surface area contributed by atoms with Crippen LogP contribution in [0.2, 0.25) is 0 Å². The maximum atomic E-state index is 13.4. The summed E-state index contributed by atoms with van der Waals surface area (Å²) < 4.78 is 13.4. The first-order valence-electron chi connectivity index (χ1n) is 3.88. The third-order valence-corrected chi connectivity index (χ3v) is 2.98. The van der Waals surface area contributed by atoms with Crippen LogP contribution in [0.1, 0.15) is 41.5 Å². The van der Waals surface area contributed by atoms with Crippen LogP contribution in [0.4, 0.5) is 4.39 Å². The molecule has 0 aliphatic carbocycles. The molecule has 0 bridgehead atoms. The van der Waals surface area contributed by atoms with Crippen molar-refractivity contribution in [3.63, 3.8) is 0 Å². The molecular formula is C9H19F. The molecule has 10 heavy (non-hydrogen) atoms. The van der Waals surface area contributed by atoms with Crippen LogP contribution < -0.4 is 0 Å². The van der Waals surface area contributed by atoms with E-state index in [0.717, 1.165) is 0 Å². The van der Waals surface area contributed by atoms with Gasteiger partial charge in [0.15, 0.2) is 0 Å². The van der Waals surface area contributed by atoms with Gasteiger partial charge in [-0.2, -0.15) is 0 Å². The molecule has 0 fully saturated rings. The highest BCUT2D eigenvalue weighted by Gasteiger charge is 2.39. The quantitative estimate of drug-likeness (QED) is 0.560. The van der Waals surface area contributed by atoms with E-state index in [1.807, 2.05) is 13.8 Å². The molecule has 0 unspecified atom stereocenters. The van der Waals surface area contributed by atoms with E-state index in [0.29, 0.717) is 5.92 Å². The van der Waals surface area contributed by atoms with Crippen LogP contribution in [0.25, 0.3) is 0 Å². The number of halogens is 1. The lowest BCUT2D eigenvalue weighted by Crippen LogP contribution is -2.38. The van der Waals surface area contributed by atoms with Crippen molar-refractivity contribution >= 4 is 0 Å². The van der Waals surface area contributed by atoms with E-state index in [1.165, 1.54) is 0 Å².